The van der Waals surface area contributed by atoms with Crippen molar-refractivity contribution >= 4 is 16.9 Å². The van der Waals surface area contributed by atoms with Crippen LogP contribution in [0.3, 0.4) is 0 Å². The average Bonchev–Trinajstić information content (AvgIpc) is 3.27. The van der Waals surface area contributed by atoms with Crippen molar-refractivity contribution in [3.05, 3.63) is 42.1 Å². The lowest BCUT2D eigenvalue weighted by atomic mass is 10.1. The molecule has 1 N–H and O–H groups in total. The van der Waals surface area contributed by atoms with E-state index in [4.69, 9.17) is 5.11 Å². The van der Waals surface area contributed by atoms with Gasteiger partial charge in [0.25, 0.3) is 0 Å². The fraction of sp³-hybridized carbons (Fsp3) is 0.375. The van der Waals surface area contributed by atoms with Gasteiger partial charge in [-0.25, -0.2) is 0 Å². The molecule has 3 rings (SSSR count). The van der Waals surface area contributed by atoms with E-state index in [1.54, 1.807) is 0 Å². The van der Waals surface area contributed by atoms with Crippen LogP contribution in [0.25, 0.3) is 10.9 Å². The van der Waals surface area contributed by atoms with Gasteiger partial charge in [-0.2, -0.15) is 0 Å². The summed E-state index contributed by atoms with van der Waals surface area (Å²) in [7, 11) is 0. The van der Waals surface area contributed by atoms with Crippen LogP contribution >= 0.6 is 0 Å². The molecule has 0 spiro atoms. The number of fused-ring (bicyclic) bond motifs is 1. The zero-order chi connectivity index (χ0) is 13.9. The largest absolute Gasteiger partial charge is 0.481 e. The molecule has 1 saturated carbocycles. The van der Waals surface area contributed by atoms with Crippen LogP contribution in [0.2, 0.25) is 0 Å². The number of aromatic nitrogens is 1. The van der Waals surface area contributed by atoms with Crippen molar-refractivity contribution in [3.8, 4) is 0 Å². The van der Waals surface area contributed by atoms with E-state index in [1.165, 1.54) is 12.8 Å². The minimum absolute atomic E-state index is 0.206. The molecule has 1 aromatic carbocycles. The van der Waals surface area contributed by atoms with Crippen LogP contribution in [0.4, 0.5) is 0 Å². The first-order valence-corrected chi connectivity index (χ1v) is 7.02. The molecule has 1 heterocycles. The molecule has 1 aliphatic rings. The quantitative estimate of drug-likeness (QED) is 0.876. The zero-order valence-corrected chi connectivity index (χ0v) is 11.3. The fourth-order valence-corrected chi connectivity index (χ4v) is 2.51. The highest BCUT2D eigenvalue weighted by Gasteiger charge is 2.29. The van der Waals surface area contributed by atoms with Gasteiger partial charge in [0.05, 0.1) is 11.9 Å². The first-order valence-electron chi connectivity index (χ1n) is 7.02. The molecular formula is C16H18N2O2. The SMILES string of the molecule is O=C(O)CCN(Cc1cnc2ccccc2c1)C1CC1. The Morgan fingerprint density at radius 3 is 2.90 bits per heavy atom. The Morgan fingerprint density at radius 2 is 2.15 bits per heavy atom. The molecule has 4 heteroatoms. The molecule has 0 unspecified atom stereocenters. The second kappa shape index (κ2) is 5.59. The van der Waals surface area contributed by atoms with Crippen molar-refractivity contribution < 1.29 is 9.90 Å². The number of para-hydroxylation sites is 1. The highest BCUT2D eigenvalue weighted by atomic mass is 16.4. The van der Waals surface area contributed by atoms with Crippen LogP contribution in [-0.2, 0) is 11.3 Å². The smallest absolute Gasteiger partial charge is 0.304 e. The van der Waals surface area contributed by atoms with E-state index >= 15 is 0 Å². The van der Waals surface area contributed by atoms with Crippen LogP contribution in [0.5, 0.6) is 0 Å². The first kappa shape index (κ1) is 13.1. The molecular weight excluding hydrogens is 252 g/mol. The third-order valence-electron chi connectivity index (χ3n) is 3.71. The molecule has 0 radical (unpaired) electrons. The van der Waals surface area contributed by atoms with Crippen LogP contribution in [0, 0.1) is 0 Å². The summed E-state index contributed by atoms with van der Waals surface area (Å²) >= 11 is 0. The van der Waals surface area contributed by atoms with Crippen molar-refractivity contribution in [1.29, 1.82) is 0 Å². The van der Waals surface area contributed by atoms with E-state index < -0.39 is 5.97 Å². The zero-order valence-electron chi connectivity index (χ0n) is 11.3. The summed E-state index contributed by atoms with van der Waals surface area (Å²) in [4.78, 5) is 17.5. The summed E-state index contributed by atoms with van der Waals surface area (Å²) in [5, 5.41) is 9.97. The molecule has 1 fully saturated rings. The van der Waals surface area contributed by atoms with Gasteiger partial charge in [0.2, 0.25) is 0 Å². The van der Waals surface area contributed by atoms with E-state index in [0.29, 0.717) is 12.6 Å². The molecule has 4 nitrogen and oxygen atoms in total. The van der Waals surface area contributed by atoms with Crippen LogP contribution < -0.4 is 0 Å². The minimum Gasteiger partial charge on any atom is -0.481 e. The van der Waals surface area contributed by atoms with E-state index in [0.717, 1.165) is 23.0 Å². The second-order valence-corrected chi connectivity index (χ2v) is 5.38. The third kappa shape index (κ3) is 3.14. The van der Waals surface area contributed by atoms with Gasteiger partial charge in [-0.3, -0.25) is 14.7 Å². The fourth-order valence-electron chi connectivity index (χ4n) is 2.51. The first-order chi connectivity index (χ1) is 9.72. The second-order valence-electron chi connectivity index (χ2n) is 5.38. The molecule has 104 valence electrons. The maximum absolute atomic E-state index is 10.7. The molecule has 20 heavy (non-hydrogen) atoms. The highest BCUT2D eigenvalue weighted by Crippen LogP contribution is 2.28. The van der Waals surface area contributed by atoms with Gasteiger partial charge in [0, 0.05) is 30.7 Å². The van der Waals surface area contributed by atoms with Gasteiger partial charge in [0.15, 0.2) is 0 Å². The predicted molar refractivity (Wildman–Crippen MR) is 77.4 cm³/mol. The van der Waals surface area contributed by atoms with Gasteiger partial charge >= 0.3 is 5.97 Å². The predicted octanol–water partition coefficient (Wildman–Crippen LogP) is 2.67. The molecule has 0 aliphatic heterocycles. The average molecular weight is 270 g/mol. The topological polar surface area (TPSA) is 53.4 Å². The van der Waals surface area contributed by atoms with Crippen LogP contribution in [0.15, 0.2) is 36.5 Å². The van der Waals surface area contributed by atoms with Crippen molar-refractivity contribution in [3.63, 3.8) is 0 Å². The lowest BCUT2D eigenvalue weighted by Crippen LogP contribution is -2.28. The van der Waals surface area contributed by atoms with Gasteiger partial charge in [-0.1, -0.05) is 18.2 Å². The number of pyridine rings is 1. The molecule has 1 aliphatic carbocycles. The van der Waals surface area contributed by atoms with Crippen LogP contribution in [-0.4, -0.2) is 33.5 Å². The molecule has 1 aromatic heterocycles. The minimum atomic E-state index is -0.729. The van der Waals surface area contributed by atoms with Gasteiger partial charge in [-0.05, 0) is 30.5 Å². The van der Waals surface area contributed by atoms with E-state index in [1.807, 2.05) is 24.4 Å². The van der Waals surface area contributed by atoms with Crippen LogP contribution in [0.1, 0.15) is 24.8 Å². The number of nitrogens with zero attached hydrogens (tertiary/aromatic N) is 2. The van der Waals surface area contributed by atoms with E-state index in [-0.39, 0.29) is 6.42 Å². The Labute approximate surface area is 118 Å². The Morgan fingerprint density at radius 1 is 1.35 bits per heavy atom. The summed E-state index contributed by atoms with van der Waals surface area (Å²) < 4.78 is 0. The van der Waals surface area contributed by atoms with E-state index in [9.17, 15) is 4.79 Å². The summed E-state index contributed by atoms with van der Waals surface area (Å²) in [5.41, 5.74) is 2.15. The molecule has 0 saturated heterocycles. The van der Waals surface area contributed by atoms with Crippen molar-refractivity contribution in [2.24, 2.45) is 0 Å². The highest BCUT2D eigenvalue weighted by molar-refractivity contribution is 5.78. The summed E-state index contributed by atoms with van der Waals surface area (Å²) in [6.07, 6.45) is 4.47. The Bertz CT molecular complexity index is 623. The summed E-state index contributed by atoms with van der Waals surface area (Å²) in [6, 6.07) is 10.8. The Kier molecular flexibility index (Phi) is 3.65. The normalized spacial score (nSPS) is 14.8. The monoisotopic (exact) mass is 270 g/mol. The lowest BCUT2D eigenvalue weighted by Gasteiger charge is -2.21. The van der Waals surface area contributed by atoms with E-state index in [2.05, 4.69) is 22.0 Å². The maximum atomic E-state index is 10.7. The number of hydrogen-bond donors (Lipinski definition) is 1. The number of rotatable bonds is 6. The number of carbonyl (C=O) groups is 1. The maximum Gasteiger partial charge on any atom is 0.304 e. The third-order valence-corrected chi connectivity index (χ3v) is 3.71. The number of aliphatic carboxylic acids is 1. The lowest BCUT2D eigenvalue weighted by molar-refractivity contribution is -0.137. The van der Waals surface area contributed by atoms with Crippen molar-refractivity contribution in [2.75, 3.05) is 6.54 Å². The number of hydrogen-bond acceptors (Lipinski definition) is 3. The Balaban J connectivity index is 1.74. The standard InChI is InChI=1S/C16H18N2O2/c19-16(20)7-8-18(14-5-6-14)11-12-9-13-3-1-2-4-15(13)17-10-12/h1-4,9-10,14H,5-8,11H2,(H,19,20). The summed E-state index contributed by atoms with van der Waals surface area (Å²) in [5.74, 6) is -0.729. The molecule has 0 atom stereocenters. The van der Waals surface area contributed by atoms with Crippen molar-refractivity contribution in [2.45, 2.75) is 31.8 Å². The molecule has 0 bridgehead atoms. The van der Waals surface area contributed by atoms with Gasteiger partial charge < -0.3 is 5.11 Å². The number of benzene rings is 1. The van der Waals surface area contributed by atoms with Crippen molar-refractivity contribution in [1.82, 2.24) is 9.88 Å². The van der Waals surface area contributed by atoms with Gasteiger partial charge in [0.1, 0.15) is 0 Å². The van der Waals surface area contributed by atoms with Gasteiger partial charge in [-0.15, -0.1) is 0 Å². The molecule has 2 aromatic rings. The molecule has 0 amide bonds. The Hall–Kier alpha value is -1.94. The number of carboxylic acid groups (broad SMARTS) is 1. The number of carboxylic acids is 1. The summed E-state index contributed by atoms with van der Waals surface area (Å²) in [6.45, 7) is 1.41.